The zero-order valence-corrected chi connectivity index (χ0v) is 11.2. The maximum Gasteiger partial charge on any atom is 0.156 e. The van der Waals surface area contributed by atoms with Crippen molar-refractivity contribution in [1.29, 1.82) is 0 Å². The maximum absolute atomic E-state index is 4.56. The van der Waals surface area contributed by atoms with Crippen molar-refractivity contribution in [1.82, 2.24) is 5.32 Å². The Morgan fingerprint density at radius 1 is 1.60 bits per heavy atom. The maximum atomic E-state index is 4.56. The van der Waals surface area contributed by atoms with Crippen molar-refractivity contribution in [2.24, 2.45) is 10.9 Å². The van der Waals surface area contributed by atoms with E-state index < -0.39 is 0 Å². The van der Waals surface area contributed by atoms with E-state index in [-0.39, 0.29) is 0 Å². The van der Waals surface area contributed by atoms with Gasteiger partial charge in [-0.05, 0) is 31.4 Å². The van der Waals surface area contributed by atoms with Crippen LogP contribution in [-0.2, 0) is 0 Å². The summed E-state index contributed by atoms with van der Waals surface area (Å²) in [6.45, 7) is 4.41. The number of thioether (sulfide) groups is 2. The summed E-state index contributed by atoms with van der Waals surface area (Å²) in [6.07, 6.45) is 6.28. The summed E-state index contributed by atoms with van der Waals surface area (Å²) in [4.78, 5) is 4.56. The highest BCUT2D eigenvalue weighted by molar-refractivity contribution is 8.14. The molecule has 2 atom stereocenters. The average molecular weight is 244 g/mol. The van der Waals surface area contributed by atoms with Crippen LogP contribution in [0.2, 0.25) is 0 Å². The third kappa shape index (κ3) is 3.59. The molecule has 2 nitrogen and oxygen atoms in total. The van der Waals surface area contributed by atoms with E-state index in [1.54, 1.807) is 0 Å². The predicted octanol–water partition coefficient (Wildman–Crippen LogP) is 2.60. The molecule has 2 unspecified atom stereocenters. The lowest BCUT2D eigenvalue weighted by Gasteiger charge is -2.10. The second-order valence-electron chi connectivity index (χ2n) is 4.40. The smallest absolute Gasteiger partial charge is 0.156 e. The highest BCUT2D eigenvalue weighted by atomic mass is 32.2. The molecule has 0 spiro atoms. The molecule has 15 heavy (non-hydrogen) atoms. The summed E-state index contributed by atoms with van der Waals surface area (Å²) in [5, 5.41) is 6.20. The molecule has 1 fully saturated rings. The number of nitrogens with one attached hydrogen (secondary N) is 1. The Hall–Kier alpha value is 0.170. The van der Waals surface area contributed by atoms with Gasteiger partial charge < -0.3 is 5.32 Å². The van der Waals surface area contributed by atoms with E-state index in [0.29, 0.717) is 0 Å². The van der Waals surface area contributed by atoms with Crippen molar-refractivity contribution < 1.29 is 0 Å². The van der Waals surface area contributed by atoms with Crippen LogP contribution >= 0.6 is 23.5 Å². The first-order chi connectivity index (χ1) is 7.29. The molecule has 0 bridgehead atoms. The summed E-state index contributed by atoms with van der Waals surface area (Å²) in [6, 6.07) is 0. The SMILES string of the molecule is CSC(C)CCNC1=NCC(C2CC2)S1. The van der Waals surface area contributed by atoms with Crippen LogP contribution in [0.15, 0.2) is 4.99 Å². The fraction of sp³-hybridized carbons (Fsp3) is 0.909. The summed E-state index contributed by atoms with van der Waals surface area (Å²) in [5.74, 6) is 0.975. The first-order valence-corrected chi connectivity index (χ1v) is 7.94. The molecule has 2 rings (SSSR count). The number of hydrogen-bond donors (Lipinski definition) is 1. The Kier molecular flexibility index (Phi) is 4.26. The second kappa shape index (κ2) is 5.48. The molecule has 1 saturated carbocycles. The molecule has 0 saturated heterocycles. The molecular formula is C11H20N2S2. The first kappa shape index (κ1) is 11.6. The topological polar surface area (TPSA) is 24.4 Å². The highest BCUT2D eigenvalue weighted by Gasteiger charge is 2.35. The minimum Gasteiger partial charge on any atom is -0.365 e. The lowest BCUT2D eigenvalue weighted by molar-refractivity contribution is 0.762. The monoisotopic (exact) mass is 244 g/mol. The van der Waals surface area contributed by atoms with E-state index in [2.05, 4.69) is 23.5 Å². The van der Waals surface area contributed by atoms with Crippen LogP contribution in [0.5, 0.6) is 0 Å². The number of rotatable bonds is 5. The Morgan fingerprint density at radius 3 is 3.07 bits per heavy atom. The van der Waals surface area contributed by atoms with Crippen LogP contribution in [0.4, 0.5) is 0 Å². The lowest BCUT2D eigenvalue weighted by Crippen LogP contribution is -2.22. The first-order valence-electron chi connectivity index (χ1n) is 5.77. The third-order valence-corrected chi connectivity index (χ3v) is 5.43. The fourth-order valence-electron chi connectivity index (χ4n) is 1.70. The van der Waals surface area contributed by atoms with Crippen LogP contribution in [0.25, 0.3) is 0 Å². The molecule has 1 aliphatic carbocycles. The van der Waals surface area contributed by atoms with Crippen LogP contribution in [0.3, 0.4) is 0 Å². The zero-order chi connectivity index (χ0) is 10.7. The number of hydrogen-bond acceptors (Lipinski definition) is 4. The standard InChI is InChI=1S/C11H20N2S2/c1-8(14-2)5-6-12-11-13-7-10(15-11)9-3-4-9/h8-10H,3-7H2,1-2H3,(H,12,13). The normalized spacial score (nSPS) is 27.6. The fourth-order valence-corrected chi connectivity index (χ4v) is 3.29. The third-order valence-electron chi connectivity index (χ3n) is 3.06. The van der Waals surface area contributed by atoms with Crippen molar-refractivity contribution in [3.05, 3.63) is 0 Å². The van der Waals surface area contributed by atoms with E-state index in [4.69, 9.17) is 0 Å². The molecule has 0 amide bonds. The minimum atomic E-state index is 0.753. The molecule has 1 heterocycles. The van der Waals surface area contributed by atoms with Crippen LogP contribution < -0.4 is 5.32 Å². The summed E-state index contributed by atoms with van der Waals surface area (Å²) in [5.41, 5.74) is 0. The quantitative estimate of drug-likeness (QED) is 0.804. The van der Waals surface area contributed by atoms with Gasteiger partial charge in [0, 0.05) is 17.0 Å². The van der Waals surface area contributed by atoms with E-state index in [1.165, 1.54) is 24.4 Å². The van der Waals surface area contributed by atoms with Crippen molar-refractivity contribution in [3.63, 3.8) is 0 Å². The minimum absolute atomic E-state index is 0.753. The van der Waals surface area contributed by atoms with Crippen molar-refractivity contribution in [2.75, 3.05) is 19.3 Å². The van der Waals surface area contributed by atoms with Gasteiger partial charge in [0.05, 0.1) is 6.54 Å². The van der Waals surface area contributed by atoms with Gasteiger partial charge in [-0.15, -0.1) is 0 Å². The average Bonchev–Trinajstić information content (AvgIpc) is 2.99. The number of nitrogens with zero attached hydrogens (tertiary/aromatic N) is 1. The molecular weight excluding hydrogens is 224 g/mol. The number of aliphatic imine (C=N–C) groups is 1. The lowest BCUT2D eigenvalue weighted by atomic mass is 10.3. The van der Waals surface area contributed by atoms with Crippen molar-refractivity contribution in [3.8, 4) is 0 Å². The molecule has 1 N–H and O–H groups in total. The molecule has 1 aliphatic heterocycles. The van der Waals surface area contributed by atoms with Gasteiger partial charge in [0.2, 0.25) is 0 Å². The van der Waals surface area contributed by atoms with Crippen LogP contribution in [0.1, 0.15) is 26.2 Å². The van der Waals surface area contributed by atoms with Gasteiger partial charge in [-0.25, -0.2) is 0 Å². The van der Waals surface area contributed by atoms with E-state index in [1.807, 2.05) is 23.5 Å². The van der Waals surface area contributed by atoms with Gasteiger partial charge in [-0.2, -0.15) is 11.8 Å². The van der Waals surface area contributed by atoms with Crippen LogP contribution in [-0.4, -0.2) is 35.0 Å². The van der Waals surface area contributed by atoms with Gasteiger partial charge in [0.15, 0.2) is 5.17 Å². The molecule has 86 valence electrons. The largest absolute Gasteiger partial charge is 0.365 e. The molecule has 2 aliphatic rings. The summed E-state index contributed by atoms with van der Waals surface area (Å²) in [7, 11) is 0. The van der Waals surface area contributed by atoms with Gasteiger partial charge in [0.1, 0.15) is 0 Å². The summed E-state index contributed by atoms with van der Waals surface area (Å²) < 4.78 is 0. The van der Waals surface area contributed by atoms with Gasteiger partial charge in [0.25, 0.3) is 0 Å². The van der Waals surface area contributed by atoms with Crippen LogP contribution in [0, 0.1) is 5.92 Å². The van der Waals surface area contributed by atoms with E-state index >= 15 is 0 Å². The Labute approximate surface area is 101 Å². The Bertz CT molecular complexity index is 239. The number of amidine groups is 1. The molecule has 0 aromatic rings. The predicted molar refractivity (Wildman–Crippen MR) is 72.0 cm³/mol. The van der Waals surface area contributed by atoms with Crippen molar-refractivity contribution in [2.45, 2.75) is 36.7 Å². The zero-order valence-electron chi connectivity index (χ0n) is 9.53. The second-order valence-corrected chi connectivity index (χ2v) is 6.91. The van der Waals surface area contributed by atoms with Gasteiger partial charge in [-0.1, -0.05) is 18.7 Å². The Morgan fingerprint density at radius 2 is 2.40 bits per heavy atom. The molecule has 0 radical (unpaired) electrons. The van der Waals surface area contributed by atoms with Crippen molar-refractivity contribution >= 4 is 28.7 Å². The van der Waals surface area contributed by atoms with Gasteiger partial charge in [-0.3, -0.25) is 4.99 Å². The molecule has 0 aromatic carbocycles. The Balaban J connectivity index is 1.59. The van der Waals surface area contributed by atoms with Gasteiger partial charge >= 0.3 is 0 Å². The highest BCUT2D eigenvalue weighted by Crippen LogP contribution is 2.41. The van der Waals surface area contributed by atoms with E-state index in [0.717, 1.165) is 29.5 Å². The molecule has 0 aromatic heterocycles. The summed E-state index contributed by atoms with van der Waals surface area (Å²) >= 11 is 3.91. The molecule has 4 heteroatoms. The van der Waals surface area contributed by atoms with E-state index in [9.17, 15) is 0 Å².